The second-order valence-corrected chi connectivity index (χ2v) is 20.1. The molecule has 4 fully saturated rings. The molecular weight excluding hydrogens is 711 g/mol. The molecule has 14 rings (SSSR count). The van der Waals surface area contributed by atoms with Crippen LogP contribution >= 0.6 is 0 Å². The first-order valence-corrected chi connectivity index (χ1v) is 22.4. The zero-order chi connectivity index (χ0) is 39.4. The van der Waals surface area contributed by atoms with Crippen molar-refractivity contribution >= 4 is 17.1 Å². The van der Waals surface area contributed by atoms with Gasteiger partial charge in [-0.05, 0) is 153 Å². The molecule has 4 saturated carbocycles. The number of hydrogen-bond donors (Lipinski definition) is 0. The van der Waals surface area contributed by atoms with E-state index < -0.39 is 0 Å². The van der Waals surface area contributed by atoms with Crippen LogP contribution in [0.25, 0.3) is 44.5 Å². The van der Waals surface area contributed by atoms with Gasteiger partial charge >= 0.3 is 0 Å². The highest BCUT2D eigenvalue weighted by Gasteiger charge is 2.61. The van der Waals surface area contributed by atoms with Crippen LogP contribution in [-0.2, 0) is 16.2 Å². The van der Waals surface area contributed by atoms with Crippen molar-refractivity contribution in [1.29, 1.82) is 0 Å². The standard InChI is InChI=1S/C58H51N/c1-56(2)48-19-10-7-17-46(48)55-50(56)21-13-23-54(55)59(40-25-27-44-42-15-5-9-18-47(42)57(3,4)51(44)34-40)53-22-12-8-14-41(53)37-24-26-45-43-16-6-11-20-49(43)58(52(45)33-37)38-29-35-28-36(31-38)32-39(58)30-35/h5-27,33-36,38-39H,28-32H2,1-4H3. The quantitative estimate of drug-likeness (QED) is 0.173. The summed E-state index contributed by atoms with van der Waals surface area (Å²) in [6.07, 6.45) is 7.04. The van der Waals surface area contributed by atoms with Gasteiger partial charge in [-0.25, -0.2) is 0 Å². The van der Waals surface area contributed by atoms with E-state index in [4.69, 9.17) is 0 Å². The van der Waals surface area contributed by atoms with Crippen LogP contribution in [0.3, 0.4) is 0 Å². The van der Waals surface area contributed by atoms with Crippen molar-refractivity contribution in [3.63, 3.8) is 0 Å². The summed E-state index contributed by atoms with van der Waals surface area (Å²) in [5, 5.41) is 0. The SMILES string of the molecule is CC1(C)c2ccccc2-c2ccc(N(c3ccccc3-c3ccc4c(c3)C3(c5ccccc5-4)C4CC5CC(C4)CC3C5)c3cccc4c3-c3ccccc3C4(C)C)cc21. The molecule has 4 bridgehead atoms. The molecule has 288 valence electrons. The summed E-state index contributed by atoms with van der Waals surface area (Å²) in [5.74, 6) is 3.31. The molecule has 1 spiro atoms. The van der Waals surface area contributed by atoms with E-state index in [2.05, 4.69) is 184 Å². The van der Waals surface area contributed by atoms with Crippen LogP contribution in [0.5, 0.6) is 0 Å². The van der Waals surface area contributed by atoms with Crippen LogP contribution in [0.15, 0.2) is 152 Å². The van der Waals surface area contributed by atoms with E-state index in [1.807, 2.05) is 0 Å². The summed E-state index contributed by atoms with van der Waals surface area (Å²) in [4.78, 5) is 2.62. The Hall–Kier alpha value is -5.66. The third kappa shape index (κ3) is 4.36. The van der Waals surface area contributed by atoms with E-state index in [9.17, 15) is 0 Å². The minimum Gasteiger partial charge on any atom is -0.309 e. The van der Waals surface area contributed by atoms with Gasteiger partial charge in [0.15, 0.2) is 0 Å². The summed E-state index contributed by atoms with van der Waals surface area (Å²) >= 11 is 0. The number of para-hydroxylation sites is 1. The first kappa shape index (κ1) is 34.2. The van der Waals surface area contributed by atoms with Crippen LogP contribution < -0.4 is 4.90 Å². The largest absolute Gasteiger partial charge is 0.309 e. The van der Waals surface area contributed by atoms with Crippen LogP contribution in [-0.4, -0.2) is 0 Å². The van der Waals surface area contributed by atoms with E-state index in [1.54, 1.807) is 11.1 Å². The molecule has 0 heterocycles. The number of benzene rings is 7. The first-order chi connectivity index (χ1) is 28.7. The monoisotopic (exact) mass is 761 g/mol. The Labute approximate surface area is 349 Å². The Morgan fingerprint density at radius 1 is 0.390 bits per heavy atom. The van der Waals surface area contributed by atoms with Crippen LogP contribution in [0.2, 0.25) is 0 Å². The van der Waals surface area contributed by atoms with Gasteiger partial charge in [-0.15, -0.1) is 0 Å². The predicted octanol–water partition coefficient (Wildman–Crippen LogP) is 15.2. The summed E-state index contributed by atoms with van der Waals surface area (Å²) in [6, 6.07) is 58.9. The minimum atomic E-state index is -0.109. The molecule has 7 aromatic carbocycles. The van der Waals surface area contributed by atoms with Gasteiger partial charge in [-0.2, -0.15) is 0 Å². The van der Waals surface area contributed by atoms with E-state index in [0.717, 1.165) is 23.7 Å². The van der Waals surface area contributed by atoms with Gasteiger partial charge in [0, 0.05) is 33.1 Å². The fourth-order valence-electron chi connectivity index (χ4n) is 14.4. The van der Waals surface area contributed by atoms with Gasteiger partial charge in [0.1, 0.15) is 0 Å². The Balaban J connectivity index is 1.05. The highest BCUT2D eigenvalue weighted by molar-refractivity contribution is 5.99. The second-order valence-electron chi connectivity index (χ2n) is 20.1. The lowest BCUT2D eigenvalue weighted by molar-refractivity contribution is -0.0399. The third-order valence-electron chi connectivity index (χ3n) is 16.7. The molecule has 0 N–H and O–H groups in total. The number of nitrogens with zero attached hydrogens (tertiary/aromatic N) is 1. The lowest BCUT2D eigenvalue weighted by atomic mass is 9.43. The summed E-state index contributed by atoms with van der Waals surface area (Å²) < 4.78 is 0. The molecule has 1 nitrogen and oxygen atoms in total. The maximum atomic E-state index is 2.67. The number of fused-ring (bicyclic) bond motifs is 9. The lowest BCUT2D eigenvalue weighted by Gasteiger charge is -2.61. The van der Waals surface area contributed by atoms with Crippen molar-refractivity contribution in [3.05, 3.63) is 185 Å². The molecule has 0 saturated heterocycles. The summed E-state index contributed by atoms with van der Waals surface area (Å²) in [6.45, 7) is 9.61. The Morgan fingerprint density at radius 3 is 1.63 bits per heavy atom. The van der Waals surface area contributed by atoms with Crippen LogP contribution in [0.1, 0.15) is 93.2 Å². The maximum Gasteiger partial charge on any atom is 0.0543 e. The molecular formula is C58H51N. The maximum absolute atomic E-state index is 2.67. The van der Waals surface area contributed by atoms with Crippen molar-refractivity contribution in [2.24, 2.45) is 23.7 Å². The summed E-state index contributed by atoms with van der Waals surface area (Å²) in [7, 11) is 0. The van der Waals surface area contributed by atoms with Gasteiger partial charge in [-0.3, -0.25) is 0 Å². The van der Waals surface area contributed by atoms with Crippen molar-refractivity contribution in [3.8, 4) is 44.5 Å². The highest BCUT2D eigenvalue weighted by atomic mass is 15.1. The lowest BCUT2D eigenvalue weighted by Crippen LogP contribution is -2.55. The molecule has 0 aromatic heterocycles. The third-order valence-corrected chi connectivity index (χ3v) is 16.7. The Kier molecular flexibility index (Phi) is 6.82. The molecule has 0 radical (unpaired) electrons. The average Bonchev–Trinajstić information content (AvgIpc) is 3.78. The normalized spacial score (nSPS) is 24.9. The number of rotatable bonds is 4. The number of hydrogen-bond acceptors (Lipinski definition) is 1. The number of anilines is 3. The van der Waals surface area contributed by atoms with E-state index in [-0.39, 0.29) is 16.2 Å². The smallest absolute Gasteiger partial charge is 0.0543 e. The molecule has 0 aliphatic heterocycles. The average molecular weight is 762 g/mol. The zero-order valence-electron chi connectivity index (χ0n) is 34.7. The highest BCUT2D eigenvalue weighted by Crippen LogP contribution is 2.69. The van der Waals surface area contributed by atoms with Gasteiger partial charge in [0.25, 0.3) is 0 Å². The van der Waals surface area contributed by atoms with Gasteiger partial charge < -0.3 is 4.90 Å². The Morgan fingerprint density at radius 2 is 0.898 bits per heavy atom. The predicted molar refractivity (Wildman–Crippen MR) is 245 cm³/mol. The van der Waals surface area contributed by atoms with Gasteiger partial charge in [0.05, 0.1) is 11.4 Å². The van der Waals surface area contributed by atoms with Crippen molar-refractivity contribution in [2.45, 2.75) is 76.0 Å². The molecule has 7 aliphatic carbocycles. The first-order valence-electron chi connectivity index (χ1n) is 22.4. The van der Waals surface area contributed by atoms with E-state index >= 15 is 0 Å². The fraction of sp³-hybridized carbons (Fsp3) is 0.276. The molecule has 7 aliphatic rings. The molecule has 59 heavy (non-hydrogen) atoms. The van der Waals surface area contributed by atoms with Gasteiger partial charge in [-0.1, -0.05) is 149 Å². The zero-order valence-corrected chi connectivity index (χ0v) is 34.7. The topological polar surface area (TPSA) is 3.24 Å². The molecule has 0 unspecified atom stereocenters. The van der Waals surface area contributed by atoms with Crippen molar-refractivity contribution in [2.75, 3.05) is 4.90 Å². The van der Waals surface area contributed by atoms with Crippen molar-refractivity contribution < 1.29 is 0 Å². The van der Waals surface area contributed by atoms with Crippen LogP contribution in [0.4, 0.5) is 17.1 Å². The molecule has 0 atom stereocenters. The fourth-order valence-corrected chi connectivity index (χ4v) is 14.4. The Bertz CT molecular complexity index is 2890. The van der Waals surface area contributed by atoms with Gasteiger partial charge in [0.2, 0.25) is 0 Å². The van der Waals surface area contributed by atoms with E-state index in [0.29, 0.717) is 0 Å². The molecule has 1 heteroatoms. The van der Waals surface area contributed by atoms with Crippen molar-refractivity contribution in [1.82, 2.24) is 0 Å². The summed E-state index contributed by atoms with van der Waals surface area (Å²) in [5.41, 5.74) is 23.4. The van der Waals surface area contributed by atoms with Crippen LogP contribution in [0, 0.1) is 23.7 Å². The molecule has 7 aromatic rings. The second kappa shape index (κ2) is 11.8. The molecule has 0 amide bonds. The minimum absolute atomic E-state index is 0.101. The van der Waals surface area contributed by atoms with E-state index in [1.165, 1.54) is 116 Å².